The molecule has 5 rings (SSSR count). The van der Waals surface area contributed by atoms with Crippen molar-refractivity contribution in [3.8, 4) is 0 Å². The third-order valence-corrected chi connectivity index (χ3v) is 9.90. The molecule has 0 unspecified atom stereocenters. The SMILES string of the molecule is CC(C)(C)C[C@H]1N[C@@H](C(=O)CC2CCN(CC(F)(F)F)CC2)[C@H](c2cccc(Cl)c2F)[C@@]12C(=O)Nc1cc(Cl)ccc12.O=C(O)C(F)(F)F.O=C(O)C(F)(F)F. The molecule has 3 aliphatic rings. The van der Waals surface area contributed by atoms with Crippen molar-refractivity contribution in [1.29, 1.82) is 0 Å². The number of rotatable bonds is 6. The molecular weight excluding hydrogens is 819 g/mol. The summed E-state index contributed by atoms with van der Waals surface area (Å²) in [6.07, 6.45) is -12.9. The van der Waals surface area contributed by atoms with E-state index in [-0.39, 0.29) is 53.1 Å². The lowest BCUT2D eigenvalue weighted by Crippen LogP contribution is -2.49. The zero-order valence-electron chi connectivity index (χ0n) is 29.7. The van der Waals surface area contributed by atoms with Crippen LogP contribution in [0, 0.1) is 17.2 Å². The Morgan fingerprint density at radius 2 is 1.43 bits per heavy atom. The smallest absolute Gasteiger partial charge is 0.475 e. The summed E-state index contributed by atoms with van der Waals surface area (Å²) in [5.74, 6) is -7.78. The number of anilines is 1. The monoisotopic (exact) mass is 855 g/mol. The molecule has 4 atom stereocenters. The number of hydrogen-bond acceptors (Lipinski definition) is 6. The fourth-order valence-electron chi connectivity index (χ4n) is 7.22. The minimum atomic E-state index is -5.08. The second kappa shape index (κ2) is 17.4. The number of Topliss-reactive ketones (excluding diaryl/α,β-unsaturated/α-hetero) is 1. The number of piperidine rings is 1. The van der Waals surface area contributed by atoms with Crippen molar-refractivity contribution in [3.63, 3.8) is 0 Å². The maximum Gasteiger partial charge on any atom is 0.490 e. The molecule has 56 heavy (non-hydrogen) atoms. The van der Waals surface area contributed by atoms with Gasteiger partial charge in [-0.05, 0) is 73.0 Å². The summed E-state index contributed by atoms with van der Waals surface area (Å²) < 4.78 is 118. The molecule has 0 aliphatic carbocycles. The third-order valence-electron chi connectivity index (χ3n) is 9.37. The summed E-state index contributed by atoms with van der Waals surface area (Å²) >= 11 is 12.5. The molecule has 0 bridgehead atoms. The molecule has 0 aromatic heterocycles. The van der Waals surface area contributed by atoms with Crippen LogP contribution in [0.2, 0.25) is 10.0 Å². The lowest BCUT2D eigenvalue weighted by atomic mass is 9.62. The second-order valence-electron chi connectivity index (χ2n) is 14.7. The number of amides is 1. The highest BCUT2D eigenvalue weighted by molar-refractivity contribution is 6.31. The molecule has 3 aliphatic heterocycles. The highest BCUT2D eigenvalue weighted by Gasteiger charge is 2.66. The number of alkyl halides is 9. The van der Waals surface area contributed by atoms with Gasteiger partial charge in [-0.2, -0.15) is 39.5 Å². The van der Waals surface area contributed by atoms with Crippen molar-refractivity contribution in [1.82, 2.24) is 10.2 Å². The van der Waals surface area contributed by atoms with Gasteiger partial charge in [0.15, 0.2) is 5.78 Å². The van der Waals surface area contributed by atoms with Gasteiger partial charge in [0.25, 0.3) is 0 Å². The van der Waals surface area contributed by atoms with Crippen molar-refractivity contribution >= 4 is 52.5 Å². The van der Waals surface area contributed by atoms with E-state index in [4.69, 9.17) is 43.0 Å². The van der Waals surface area contributed by atoms with Gasteiger partial charge < -0.3 is 20.8 Å². The molecule has 2 aromatic rings. The highest BCUT2D eigenvalue weighted by Crippen LogP contribution is 2.57. The van der Waals surface area contributed by atoms with Gasteiger partial charge in [-0.3, -0.25) is 14.5 Å². The molecule has 4 N–H and O–H groups in total. The normalized spacial score (nSPS) is 23.1. The fraction of sp³-hybridized carbons (Fsp3) is 0.543. The van der Waals surface area contributed by atoms with Crippen LogP contribution in [-0.4, -0.2) is 89.0 Å². The minimum absolute atomic E-state index is 0.111. The first-order valence-corrected chi connectivity index (χ1v) is 17.5. The van der Waals surface area contributed by atoms with E-state index >= 15 is 4.39 Å². The number of benzene rings is 2. The molecule has 1 spiro atoms. The number of aliphatic carboxylic acids is 2. The van der Waals surface area contributed by atoms with Crippen molar-refractivity contribution in [3.05, 3.63) is 63.4 Å². The predicted octanol–water partition coefficient (Wildman–Crippen LogP) is 8.38. The summed E-state index contributed by atoms with van der Waals surface area (Å²) in [5, 5.41) is 21.0. The van der Waals surface area contributed by atoms with E-state index in [9.17, 15) is 49.1 Å². The number of carboxylic acids is 2. The molecular formula is C35H37Cl2F10N3O6. The Morgan fingerprint density at radius 1 is 0.893 bits per heavy atom. The van der Waals surface area contributed by atoms with E-state index in [1.54, 1.807) is 30.3 Å². The highest BCUT2D eigenvalue weighted by atomic mass is 35.5. The minimum Gasteiger partial charge on any atom is -0.475 e. The van der Waals surface area contributed by atoms with Crippen molar-refractivity contribution in [2.75, 3.05) is 25.0 Å². The van der Waals surface area contributed by atoms with Crippen LogP contribution in [0.25, 0.3) is 0 Å². The Labute approximate surface area is 323 Å². The summed E-state index contributed by atoms with van der Waals surface area (Å²) in [6.45, 7) is 5.64. The summed E-state index contributed by atoms with van der Waals surface area (Å²) in [4.78, 5) is 47.5. The van der Waals surface area contributed by atoms with Crippen molar-refractivity contribution in [2.24, 2.45) is 11.3 Å². The van der Waals surface area contributed by atoms with E-state index in [2.05, 4.69) is 10.6 Å². The van der Waals surface area contributed by atoms with E-state index < -0.39 is 66.2 Å². The van der Waals surface area contributed by atoms with E-state index in [1.165, 1.54) is 11.0 Å². The largest absolute Gasteiger partial charge is 0.490 e. The molecule has 3 heterocycles. The first-order chi connectivity index (χ1) is 25.5. The molecule has 2 saturated heterocycles. The van der Waals surface area contributed by atoms with Crippen LogP contribution in [-0.2, 0) is 24.6 Å². The number of nitrogens with zero attached hydrogens (tertiary/aromatic N) is 1. The maximum atomic E-state index is 15.9. The van der Waals surface area contributed by atoms with Gasteiger partial charge in [0.2, 0.25) is 5.91 Å². The number of fused-ring (bicyclic) bond motifs is 2. The average molecular weight is 857 g/mol. The van der Waals surface area contributed by atoms with Gasteiger partial charge in [0.05, 0.1) is 17.6 Å². The van der Waals surface area contributed by atoms with Crippen molar-refractivity contribution < 1.29 is 73.3 Å². The predicted molar refractivity (Wildman–Crippen MR) is 183 cm³/mol. The van der Waals surface area contributed by atoms with Crippen molar-refractivity contribution in [2.45, 2.75) is 88.4 Å². The molecule has 312 valence electrons. The van der Waals surface area contributed by atoms with Crippen LogP contribution in [0.3, 0.4) is 0 Å². The molecule has 21 heteroatoms. The number of carbonyl (C=O) groups is 4. The van der Waals surface area contributed by atoms with Crippen LogP contribution in [0.15, 0.2) is 36.4 Å². The molecule has 2 aromatic carbocycles. The van der Waals surface area contributed by atoms with Gasteiger partial charge in [-0.15, -0.1) is 0 Å². The molecule has 9 nitrogen and oxygen atoms in total. The molecule has 0 saturated carbocycles. The van der Waals surface area contributed by atoms with Crippen LogP contribution in [0.5, 0.6) is 0 Å². The Balaban J connectivity index is 0.000000512. The van der Waals surface area contributed by atoms with E-state index in [1.807, 2.05) is 20.8 Å². The number of carboxylic acid groups (broad SMARTS) is 2. The lowest BCUT2D eigenvalue weighted by Gasteiger charge is -2.38. The molecule has 1 amide bonds. The van der Waals surface area contributed by atoms with Gasteiger partial charge in [-0.1, -0.05) is 62.2 Å². The van der Waals surface area contributed by atoms with Gasteiger partial charge in [0.1, 0.15) is 11.2 Å². The van der Waals surface area contributed by atoms with E-state index in [0.717, 1.165) is 0 Å². The first kappa shape index (κ1) is 46.7. The molecule has 0 radical (unpaired) electrons. The Morgan fingerprint density at radius 3 is 1.91 bits per heavy atom. The summed E-state index contributed by atoms with van der Waals surface area (Å²) in [7, 11) is 0. The number of likely N-dealkylation sites (tertiary alicyclic amines) is 1. The van der Waals surface area contributed by atoms with Gasteiger partial charge in [0, 0.05) is 29.1 Å². The van der Waals surface area contributed by atoms with Crippen LogP contribution in [0.1, 0.15) is 63.5 Å². The number of halogens is 12. The maximum absolute atomic E-state index is 15.9. The average Bonchev–Trinajstić information content (AvgIpc) is 3.51. The summed E-state index contributed by atoms with van der Waals surface area (Å²) in [5.41, 5.74) is -0.275. The zero-order chi connectivity index (χ0) is 42.8. The number of ketones is 1. The van der Waals surface area contributed by atoms with E-state index in [0.29, 0.717) is 35.5 Å². The second-order valence-corrected chi connectivity index (χ2v) is 15.6. The topological polar surface area (TPSA) is 136 Å². The lowest BCUT2D eigenvalue weighted by molar-refractivity contribution is -0.193. The Kier molecular flexibility index (Phi) is 14.5. The fourth-order valence-corrected chi connectivity index (χ4v) is 7.57. The quantitative estimate of drug-likeness (QED) is 0.213. The molecule has 2 fully saturated rings. The zero-order valence-corrected chi connectivity index (χ0v) is 31.2. The third kappa shape index (κ3) is 11.5. The first-order valence-electron chi connectivity index (χ1n) is 16.7. The van der Waals surface area contributed by atoms with Crippen LogP contribution in [0.4, 0.5) is 49.6 Å². The number of carbonyl (C=O) groups excluding carboxylic acids is 2. The standard InChI is InChI=1S/C31H35Cl2F4N3O2.2C2HF3O2/c1-29(2,3)15-24-31(20-8-7-18(32)14-22(20)38-28(31)42)25(19-5-4-6-21(33)26(19)34)27(39-24)23(41)13-17-9-11-40(12-10-17)16-30(35,36)37;2*3-2(4,5)1(6)7/h4-8,14,17,24-25,27,39H,9-13,15-16H2,1-3H3,(H,38,42);2*(H,6,7)/t24-,25+,27+,31+;;/m1../s1. The Bertz CT molecular complexity index is 1750. The number of hydrogen-bond donors (Lipinski definition) is 4. The van der Waals surface area contributed by atoms with Gasteiger partial charge >= 0.3 is 30.5 Å². The van der Waals surface area contributed by atoms with Crippen LogP contribution >= 0.6 is 23.2 Å². The summed E-state index contributed by atoms with van der Waals surface area (Å²) in [6, 6.07) is 8.27. The van der Waals surface area contributed by atoms with Crippen LogP contribution < -0.4 is 10.6 Å². The van der Waals surface area contributed by atoms with Gasteiger partial charge in [-0.25, -0.2) is 14.0 Å². The Hall–Kier alpha value is -3.68. The number of nitrogens with one attached hydrogen (secondary N) is 2.